The van der Waals surface area contributed by atoms with Crippen molar-refractivity contribution in [3.05, 3.63) is 35.6 Å². The second-order valence-corrected chi connectivity index (χ2v) is 5.62. The number of hydrogen-bond donors (Lipinski definition) is 2. The van der Waals surface area contributed by atoms with Crippen LogP contribution in [0.25, 0.3) is 0 Å². The van der Waals surface area contributed by atoms with Gasteiger partial charge in [0.2, 0.25) is 0 Å². The molecule has 0 aromatic carbocycles. The van der Waals surface area contributed by atoms with Gasteiger partial charge in [0.25, 0.3) is 0 Å². The first-order valence-electron chi connectivity index (χ1n) is 6.97. The molecule has 7 nitrogen and oxygen atoms in total. The molecule has 0 bridgehead atoms. The van der Waals surface area contributed by atoms with Gasteiger partial charge in [-0.2, -0.15) is 0 Å². The molecule has 2 N–H and O–H groups in total. The first-order valence-corrected chi connectivity index (χ1v) is 6.97. The Morgan fingerprint density at radius 3 is 3.10 bits per heavy atom. The molecule has 21 heavy (non-hydrogen) atoms. The van der Waals surface area contributed by atoms with E-state index in [2.05, 4.69) is 15.0 Å². The Morgan fingerprint density at radius 2 is 2.43 bits per heavy atom. The van der Waals surface area contributed by atoms with Gasteiger partial charge in [-0.25, -0.2) is 9.97 Å². The summed E-state index contributed by atoms with van der Waals surface area (Å²) in [5.74, 6) is 0.0573. The molecule has 1 unspecified atom stereocenters. The summed E-state index contributed by atoms with van der Waals surface area (Å²) in [6.45, 7) is 4.99. The van der Waals surface area contributed by atoms with Crippen LogP contribution in [0.4, 0.5) is 0 Å². The van der Waals surface area contributed by atoms with Gasteiger partial charge in [0.1, 0.15) is 12.3 Å². The molecular weight excluding hydrogens is 272 g/mol. The SMILES string of the molecule is CC(C)c1nc(CN2Cc3[nH]cnc3CC2C(=O)O)co1. The molecule has 1 atom stereocenters. The lowest BCUT2D eigenvalue weighted by atomic mass is 10.0. The van der Waals surface area contributed by atoms with Gasteiger partial charge in [-0.15, -0.1) is 0 Å². The topological polar surface area (TPSA) is 95.2 Å². The quantitative estimate of drug-likeness (QED) is 0.886. The van der Waals surface area contributed by atoms with Crippen LogP contribution in [0.1, 0.15) is 42.7 Å². The van der Waals surface area contributed by atoms with Gasteiger partial charge in [-0.3, -0.25) is 9.69 Å². The summed E-state index contributed by atoms with van der Waals surface area (Å²) in [6.07, 6.45) is 3.62. The number of H-pyrrole nitrogens is 1. The van der Waals surface area contributed by atoms with E-state index in [-0.39, 0.29) is 5.92 Å². The van der Waals surface area contributed by atoms with Crippen LogP contribution in [0.5, 0.6) is 0 Å². The van der Waals surface area contributed by atoms with E-state index in [1.54, 1.807) is 12.6 Å². The molecule has 0 fully saturated rings. The Labute approximate surface area is 122 Å². The van der Waals surface area contributed by atoms with E-state index in [1.165, 1.54) is 0 Å². The fourth-order valence-electron chi connectivity index (χ4n) is 2.57. The summed E-state index contributed by atoms with van der Waals surface area (Å²) < 4.78 is 5.41. The molecule has 0 radical (unpaired) electrons. The van der Waals surface area contributed by atoms with Gasteiger partial charge in [0.05, 0.1) is 23.4 Å². The molecule has 3 heterocycles. The lowest BCUT2D eigenvalue weighted by molar-refractivity contribution is -0.144. The fraction of sp³-hybridized carbons (Fsp3) is 0.500. The number of aliphatic carboxylic acids is 1. The number of rotatable bonds is 4. The van der Waals surface area contributed by atoms with Crippen molar-refractivity contribution in [2.45, 2.75) is 45.3 Å². The Morgan fingerprint density at radius 1 is 1.62 bits per heavy atom. The van der Waals surface area contributed by atoms with Crippen molar-refractivity contribution in [1.29, 1.82) is 0 Å². The second-order valence-electron chi connectivity index (χ2n) is 5.62. The molecule has 3 rings (SSSR count). The predicted octanol–water partition coefficient (Wildman–Crippen LogP) is 1.53. The molecule has 0 spiro atoms. The number of oxazole rings is 1. The van der Waals surface area contributed by atoms with E-state index in [4.69, 9.17) is 4.42 Å². The third-order valence-corrected chi connectivity index (χ3v) is 3.71. The lowest BCUT2D eigenvalue weighted by Crippen LogP contribution is -2.45. The second kappa shape index (κ2) is 5.33. The largest absolute Gasteiger partial charge is 0.480 e. The van der Waals surface area contributed by atoms with Gasteiger partial charge in [-0.1, -0.05) is 13.8 Å². The van der Waals surface area contributed by atoms with Crippen molar-refractivity contribution in [2.24, 2.45) is 0 Å². The monoisotopic (exact) mass is 290 g/mol. The zero-order chi connectivity index (χ0) is 15.0. The molecule has 0 saturated heterocycles. The number of aromatic nitrogens is 3. The van der Waals surface area contributed by atoms with Crippen molar-refractivity contribution >= 4 is 5.97 Å². The normalized spacial score (nSPS) is 18.9. The number of nitrogens with zero attached hydrogens (tertiary/aromatic N) is 3. The molecule has 112 valence electrons. The Balaban J connectivity index is 1.80. The summed E-state index contributed by atoms with van der Waals surface area (Å²) in [7, 11) is 0. The number of fused-ring (bicyclic) bond motifs is 1. The maximum atomic E-state index is 11.5. The number of hydrogen-bond acceptors (Lipinski definition) is 5. The Kier molecular flexibility index (Phi) is 3.50. The lowest BCUT2D eigenvalue weighted by Gasteiger charge is -2.31. The molecule has 0 aliphatic carbocycles. The van der Waals surface area contributed by atoms with E-state index in [1.807, 2.05) is 18.7 Å². The minimum absolute atomic E-state index is 0.217. The average molecular weight is 290 g/mol. The van der Waals surface area contributed by atoms with E-state index in [0.717, 1.165) is 17.1 Å². The molecule has 0 saturated carbocycles. The van der Waals surface area contributed by atoms with Crippen LogP contribution >= 0.6 is 0 Å². The van der Waals surface area contributed by atoms with Crippen LogP contribution in [-0.2, 0) is 24.3 Å². The molecule has 1 aliphatic heterocycles. The van der Waals surface area contributed by atoms with Gasteiger partial charge in [0.15, 0.2) is 5.89 Å². The van der Waals surface area contributed by atoms with Crippen LogP contribution in [0.15, 0.2) is 17.0 Å². The van der Waals surface area contributed by atoms with Crippen molar-refractivity contribution in [3.8, 4) is 0 Å². The van der Waals surface area contributed by atoms with Crippen molar-refractivity contribution in [2.75, 3.05) is 0 Å². The smallest absolute Gasteiger partial charge is 0.321 e. The molecule has 2 aromatic heterocycles. The molecule has 2 aromatic rings. The Hall–Kier alpha value is -2.15. The highest BCUT2D eigenvalue weighted by molar-refractivity contribution is 5.74. The number of carbonyl (C=O) groups is 1. The maximum absolute atomic E-state index is 11.5. The summed E-state index contributed by atoms with van der Waals surface area (Å²) >= 11 is 0. The summed E-state index contributed by atoms with van der Waals surface area (Å²) in [6, 6.07) is -0.583. The fourth-order valence-corrected chi connectivity index (χ4v) is 2.57. The van der Waals surface area contributed by atoms with Crippen LogP contribution in [0.3, 0.4) is 0 Å². The van der Waals surface area contributed by atoms with Gasteiger partial charge < -0.3 is 14.5 Å². The van der Waals surface area contributed by atoms with Crippen molar-refractivity contribution in [3.63, 3.8) is 0 Å². The van der Waals surface area contributed by atoms with E-state index in [9.17, 15) is 9.90 Å². The number of aromatic amines is 1. The highest BCUT2D eigenvalue weighted by atomic mass is 16.4. The van der Waals surface area contributed by atoms with Gasteiger partial charge in [0, 0.05) is 25.4 Å². The zero-order valence-electron chi connectivity index (χ0n) is 12.0. The van der Waals surface area contributed by atoms with Crippen molar-refractivity contribution in [1.82, 2.24) is 19.9 Å². The third-order valence-electron chi connectivity index (χ3n) is 3.71. The molecule has 1 aliphatic rings. The summed E-state index contributed by atoms with van der Waals surface area (Å²) in [5.41, 5.74) is 2.56. The van der Waals surface area contributed by atoms with E-state index in [0.29, 0.717) is 25.4 Å². The van der Waals surface area contributed by atoms with E-state index >= 15 is 0 Å². The van der Waals surface area contributed by atoms with Gasteiger partial charge >= 0.3 is 5.97 Å². The van der Waals surface area contributed by atoms with Gasteiger partial charge in [-0.05, 0) is 0 Å². The number of imidazole rings is 1. The predicted molar refractivity (Wildman–Crippen MR) is 73.6 cm³/mol. The average Bonchev–Trinajstić information content (AvgIpc) is 3.05. The zero-order valence-corrected chi connectivity index (χ0v) is 12.0. The van der Waals surface area contributed by atoms with E-state index < -0.39 is 12.0 Å². The molecular formula is C14H18N4O3. The third kappa shape index (κ3) is 2.69. The number of nitrogens with one attached hydrogen (secondary N) is 1. The molecule has 7 heteroatoms. The first kappa shape index (κ1) is 13.8. The minimum Gasteiger partial charge on any atom is -0.480 e. The van der Waals surface area contributed by atoms with Crippen LogP contribution < -0.4 is 0 Å². The number of carboxylic acids is 1. The summed E-state index contributed by atoms with van der Waals surface area (Å²) in [4.78, 5) is 25.0. The van der Waals surface area contributed by atoms with Crippen molar-refractivity contribution < 1.29 is 14.3 Å². The highest BCUT2D eigenvalue weighted by Gasteiger charge is 2.33. The van der Waals surface area contributed by atoms with Crippen LogP contribution in [-0.4, -0.2) is 37.0 Å². The molecule has 0 amide bonds. The first-order chi connectivity index (χ1) is 10.0. The summed E-state index contributed by atoms with van der Waals surface area (Å²) in [5, 5.41) is 9.42. The number of carboxylic acid groups (broad SMARTS) is 1. The standard InChI is InChI=1S/C14H18N4O3/c1-8(2)13-17-9(6-21-13)4-18-5-11-10(15-7-16-11)3-12(18)14(19)20/h6-8,12H,3-5H2,1-2H3,(H,15,16)(H,19,20). The minimum atomic E-state index is -0.837. The maximum Gasteiger partial charge on any atom is 0.321 e. The van der Waals surface area contributed by atoms with Crippen LogP contribution in [0, 0.1) is 0 Å². The highest BCUT2D eigenvalue weighted by Crippen LogP contribution is 2.23. The van der Waals surface area contributed by atoms with Crippen LogP contribution in [0.2, 0.25) is 0 Å². The Bertz CT molecular complexity index is 646.